The summed E-state index contributed by atoms with van der Waals surface area (Å²) in [6, 6.07) is 15.8. The molecule has 1 aliphatic carbocycles. The molecule has 0 radical (unpaired) electrons. The molecule has 0 unspecified atom stereocenters. The Balaban J connectivity index is 1.45. The first-order valence-corrected chi connectivity index (χ1v) is 14.8. The smallest absolute Gasteiger partial charge is 0.338 e. The second-order valence-electron chi connectivity index (χ2n) is 9.62. The number of carbonyl (C=O) groups excluding carboxylic acids is 2. The van der Waals surface area contributed by atoms with Crippen LogP contribution in [-0.2, 0) is 14.8 Å². The molecule has 0 aromatic heterocycles. The number of halogens is 1. The minimum absolute atomic E-state index is 0.00495. The molecule has 1 saturated carbocycles. The molecule has 3 aromatic rings. The molecule has 0 amide bonds. The van der Waals surface area contributed by atoms with Crippen LogP contribution in [0.3, 0.4) is 0 Å². The number of Topliss-reactive ketones (excluding diaryl/α,β-unsaturated/α-hetero) is 1. The maximum Gasteiger partial charge on any atom is 0.338 e. The van der Waals surface area contributed by atoms with E-state index in [1.54, 1.807) is 12.1 Å². The number of anilines is 1. The fraction of sp³-hybridized carbons (Fsp3) is 0.333. The number of rotatable bonds is 10. The van der Waals surface area contributed by atoms with Gasteiger partial charge in [-0.2, -0.15) is 0 Å². The minimum atomic E-state index is -4.13. The number of ketones is 1. The third kappa shape index (κ3) is 6.42. The first-order chi connectivity index (χ1) is 19.1. The predicted molar refractivity (Wildman–Crippen MR) is 153 cm³/mol. The van der Waals surface area contributed by atoms with Crippen molar-refractivity contribution in [1.82, 2.24) is 0 Å². The molecule has 0 N–H and O–H groups in total. The highest BCUT2D eigenvalue weighted by Crippen LogP contribution is 2.39. The van der Waals surface area contributed by atoms with Gasteiger partial charge < -0.3 is 14.2 Å². The van der Waals surface area contributed by atoms with Crippen molar-refractivity contribution in [2.45, 2.75) is 42.9 Å². The van der Waals surface area contributed by atoms with Crippen molar-refractivity contribution in [2.24, 2.45) is 0 Å². The highest BCUT2D eigenvalue weighted by molar-refractivity contribution is 7.92. The number of carbonyl (C=O) groups is 2. The van der Waals surface area contributed by atoms with Crippen LogP contribution in [0.5, 0.6) is 11.5 Å². The number of methoxy groups -OCH3 is 2. The standard InChI is InChI=1S/C30H32ClNO7S/c1-32(26-17-25(31)28(37-2)18-29(26)38-3)40(35,36)24-11-7-10-23(16-24)30(34)39-19-27(33)22-14-12-21(13-15-22)20-8-5-4-6-9-20/h7,10-18,20H,4-6,8-9,19H2,1-3H3. The van der Waals surface area contributed by atoms with Crippen molar-refractivity contribution >= 4 is 39.1 Å². The zero-order valence-corrected chi connectivity index (χ0v) is 24.3. The van der Waals surface area contributed by atoms with E-state index in [2.05, 4.69) is 0 Å². The Bertz CT molecular complexity index is 1480. The van der Waals surface area contributed by atoms with Crippen LogP contribution in [-0.4, -0.2) is 48.0 Å². The Labute approximate surface area is 239 Å². The van der Waals surface area contributed by atoms with Gasteiger partial charge in [-0.05, 0) is 48.6 Å². The minimum Gasteiger partial charge on any atom is -0.495 e. The van der Waals surface area contributed by atoms with Gasteiger partial charge in [0, 0.05) is 18.7 Å². The summed E-state index contributed by atoms with van der Waals surface area (Å²) in [5.41, 5.74) is 1.86. The van der Waals surface area contributed by atoms with Gasteiger partial charge >= 0.3 is 5.97 Å². The topological polar surface area (TPSA) is 99.2 Å². The highest BCUT2D eigenvalue weighted by Gasteiger charge is 2.26. The Morgan fingerprint density at radius 3 is 2.23 bits per heavy atom. The number of hydrogen-bond donors (Lipinski definition) is 0. The monoisotopic (exact) mass is 585 g/mol. The Morgan fingerprint density at radius 2 is 1.57 bits per heavy atom. The molecule has 8 nitrogen and oxygen atoms in total. The van der Waals surface area contributed by atoms with Gasteiger partial charge in [0.15, 0.2) is 12.4 Å². The van der Waals surface area contributed by atoms with E-state index in [0.717, 1.165) is 17.1 Å². The van der Waals surface area contributed by atoms with E-state index >= 15 is 0 Å². The molecule has 0 saturated heterocycles. The summed E-state index contributed by atoms with van der Waals surface area (Å²) < 4.78 is 43.6. The largest absolute Gasteiger partial charge is 0.495 e. The lowest BCUT2D eigenvalue weighted by Gasteiger charge is -2.23. The van der Waals surface area contributed by atoms with Crippen molar-refractivity contribution in [3.05, 3.63) is 82.4 Å². The van der Waals surface area contributed by atoms with Gasteiger partial charge in [0.05, 0.1) is 35.4 Å². The highest BCUT2D eigenvalue weighted by atomic mass is 35.5. The molecule has 3 aromatic carbocycles. The summed E-state index contributed by atoms with van der Waals surface area (Å²) in [5, 5.41) is 0.200. The normalized spacial score (nSPS) is 13.9. The summed E-state index contributed by atoms with van der Waals surface area (Å²) in [4.78, 5) is 25.3. The number of nitrogens with zero attached hydrogens (tertiary/aromatic N) is 1. The Hall–Kier alpha value is -3.56. The van der Waals surface area contributed by atoms with E-state index in [0.29, 0.717) is 17.2 Å². The summed E-state index contributed by atoms with van der Waals surface area (Å²) in [6.45, 7) is -0.458. The third-order valence-electron chi connectivity index (χ3n) is 7.16. The molecule has 40 heavy (non-hydrogen) atoms. The maximum atomic E-state index is 13.4. The van der Waals surface area contributed by atoms with Crippen LogP contribution in [0.15, 0.2) is 65.6 Å². The first kappa shape index (κ1) is 29.4. The van der Waals surface area contributed by atoms with Crippen LogP contribution in [0.2, 0.25) is 5.02 Å². The molecule has 0 heterocycles. The van der Waals surface area contributed by atoms with E-state index in [1.807, 2.05) is 12.1 Å². The van der Waals surface area contributed by atoms with Gasteiger partial charge in [-0.15, -0.1) is 0 Å². The lowest BCUT2D eigenvalue weighted by Crippen LogP contribution is -2.27. The molecule has 0 spiro atoms. The summed E-state index contributed by atoms with van der Waals surface area (Å²) in [7, 11) is 0.0565. The predicted octanol–water partition coefficient (Wildman–Crippen LogP) is 6.27. The van der Waals surface area contributed by atoms with Crippen molar-refractivity contribution < 1.29 is 32.2 Å². The second-order valence-corrected chi connectivity index (χ2v) is 12.0. The van der Waals surface area contributed by atoms with E-state index < -0.39 is 22.6 Å². The summed E-state index contributed by atoms with van der Waals surface area (Å²) >= 11 is 6.22. The number of esters is 1. The van der Waals surface area contributed by atoms with Gasteiger partial charge in [-0.25, -0.2) is 13.2 Å². The average Bonchev–Trinajstić information content (AvgIpc) is 2.99. The molecule has 0 atom stereocenters. The third-order valence-corrected chi connectivity index (χ3v) is 9.23. The van der Waals surface area contributed by atoms with Gasteiger partial charge in [-0.1, -0.05) is 61.2 Å². The fourth-order valence-electron chi connectivity index (χ4n) is 4.84. The molecule has 10 heteroatoms. The Kier molecular flexibility index (Phi) is 9.37. The molecular weight excluding hydrogens is 554 g/mol. The van der Waals surface area contributed by atoms with Crippen molar-refractivity contribution in [3.8, 4) is 11.5 Å². The summed E-state index contributed by atoms with van der Waals surface area (Å²) in [5.74, 6) is -0.0608. The molecule has 0 bridgehead atoms. The quantitative estimate of drug-likeness (QED) is 0.204. The molecule has 1 fully saturated rings. The lowest BCUT2D eigenvalue weighted by molar-refractivity contribution is 0.0474. The Morgan fingerprint density at radius 1 is 0.900 bits per heavy atom. The average molecular weight is 586 g/mol. The van der Waals surface area contributed by atoms with Crippen molar-refractivity contribution in [3.63, 3.8) is 0 Å². The number of hydrogen-bond acceptors (Lipinski definition) is 7. The van der Waals surface area contributed by atoms with E-state index in [-0.39, 0.29) is 32.7 Å². The van der Waals surface area contributed by atoms with Crippen LogP contribution >= 0.6 is 11.6 Å². The van der Waals surface area contributed by atoms with Crippen LogP contribution in [0.25, 0.3) is 0 Å². The zero-order valence-electron chi connectivity index (χ0n) is 22.7. The summed E-state index contributed by atoms with van der Waals surface area (Å²) in [6.07, 6.45) is 6.05. The van der Waals surface area contributed by atoms with Gasteiger partial charge in [0.1, 0.15) is 11.5 Å². The SMILES string of the molecule is COc1cc(OC)c(N(C)S(=O)(=O)c2cccc(C(=O)OCC(=O)c3ccc(C4CCCCC4)cc3)c2)cc1Cl. The zero-order chi connectivity index (χ0) is 28.9. The van der Waals surface area contributed by atoms with Crippen LogP contribution < -0.4 is 13.8 Å². The molecule has 0 aliphatic heterocycles. The number of sulfonamides is 1. The lowest BCUT2D eigenvalue weighted by atomic mass is 9.84. The van der Waals surface area contributed by atoms with Crippen LogP contribution in [0, 0.1) is 0 Å². The van der Waals surface area contributed by atoms with E-state index in [9.17, 15) is 18.0 Å². The maximum absolute atomic E-state index is 13.4. The molecular formula is C30H32ClNO7S. The fourth-order valence-corrected chi connectivity index (χ4v) is 6.32. The van der Waals surface area contributed by atoms with Crippen molar-refractivity contribution in [2.75, 3.05) is 32.2 Å². The van der Waals surface area contributed by atoms with Crippen LogP contribution in [0.1, 0.15) is 64.3 Å². The van der Waals surface area contributed by atoms with Gasteiger partial charge in [0.2, 0.25) is 0 Å². The van der Waals surface area contributed by atoms with E-state index in [4.69, 9.17) is 25.8 Å². The van der Waals surface area contributed by atoms with Gasteiger partial charge in [0.25, 0.3) is 10.0 Å². The molecule has 212 valence electrons. The molecule has 4 rings (SSSR count). The number of ether oxygens (including phenoxy) is 3. The van der Waals surface area contributed by atoms with Crippen LogP contribution in [0.4, 0.5) is 5.69 Å². The second kappa shape index (κ2) is 12.7. The molecule has 1 aliphatic rings. The first-order valence-electron chi connectivity index (χ1n) is 13.0. The van der Waals surface area contributed by atoms with Crippen molar-refractivity contribution in [1.29, 1.82) is 0 Å². The van der Waals surface area contributed by atoms with Gasteiger partial charge in [-0.3, -0.25) is 9.10 Å². The number of benzene rings is 3. The van der Waals surface area contributed by atoms with E-state index in [1.165, 1.54) is 82.5 Å².